The van der Waals surface area contributed by atoms with Crippen molar-refractivity contribution in [3.05, 3.63) is 58.9 Å². The summed E-state index contributed by atoms with van der Waals surface area (Å²) in [5.41, 5.74) is 3.28. The lowest BCUT2D eigenvalue weighted by Crippen LogP contribution is -3.28. The van der Waals surface area contributed by atoms with Crippen molar-refractivity contribution >= 4 is 23.2 Å². The topological polar surface area (TPSA) is 50.9 Å². The molecule has 132 valence electrons. The fraction of sp³-hybridized carbons (Fsp3) is 0.368. The lowest BCUT2D eigenvalue weighted by atomic mass is 10.1. The Morgan fingerprint density at radius 2 is 1.92 bits per heavy atom. The van der Waals surface area contributed by atoms with Gasteiger partial charge >= 0.3 is 0 Å². The van der Waals surface area contributed by atoms with Gasteiger partial charge in [-0.25, -0.2) is 4.98 Å². The summed E-state index contributed by atoms with van der Waals surface area (Å²) in [5, 5.41) is 3.19. The number of pyridine rings is 1. The molecule has 0 atom stereocenters. The Morgan fingerprint density at radius 3 is 2.64 bits per heavy atom. The molecular formula is C19H25ClN4O+2. The van der Waals surface area contributed by atoms with Crippen LogP contribution in [0.25, 0.3) is 0 Å². The second-order valence-corrected chi connectivity index (χ2v) is 7.09. The number of benzene rings is 1. The summed E-state index contributed by atoms with van der Waals surface area (Å²) in [5.74, 6) is -0.00738. The SMILES string of the molecule is Cc1cccc(C[NH+]2CC[NH+](CC(=O)Nc3cccnc3Cl)CC2)c1. The Morgan fingerprint density at radius 1 is 1.16 bits per heavy atom. The molecule has 0 aliphatic carbocycles. The van der Waals surface area contributed by atoms with Gasteiger partial charge in [0.15, 0.2) is 11.7 Å². The zero-order valence-electron chi connectivity index (χ0n) is 14.5. The maximum absolute atomic E-state index is 12.2. The van der Waals surface area contributed by atoms with Crippen LogP contribution in [-0.2, 0) is 11.3 Å². The second-order valence-electron chi connectivity index (χ2n) is 6.73. The first-order chi connectivity index (χ1) is 12.1. The largest absolute Gasteiger partial charge is 0.322 e. The van der Waals surface area contributed by atoms with E-state index in [1.807, 2.05) is 0 Å². The molecule has 1 aromatic carbocycles. The van der Waals surface area contributed by atoms with Crippen LogP contribution in [0.4, 0.5) is 5.69 Å². The summed E-state index contributed by atoms with van der Waals surface area (Å²) < 4.78 is 0. The van der Waals surface area contributed by atoms with Crippen LogP contribution in [0.15, 0.2) is 42.6 Å². The van der Waals surface area contributed by atoms with Crippen LogP contribution < -0.4 is 15.1 Å². The zero-order chi connectivity index (χ0) is 17.6. The Kier molecular flexibility index (Phi) is 6.02. The van der Waals surface area contributed by atoms with Crippen molar-refractivity contribution in [2.45, 2.75) is 13.5 Å². The predicted octanol–water partition coefficient (Wildman–Crippen LogP) is -0.0345. The number of piperazine rings is 1. The van der Waals surface area contributed by atoms with E-state index >= 15 is 0 Å². The Balaban J connectivity index is 1.44. The number of nitrogens with zero attached hydrogens (tertiary/aromatic N) is 1. The molecule has 3 rings (SSSR count). The quantitative estimate of drug-likeness (QED) is 0.656. The number of aromatic nitrogens is 1. The van der Waals surface area contributed by atoms with E-state index in [1.54, 1.807) is 23.2 Å². The first kappa shape index (κ1) is 17.9. The average molecular weight is 361 g/mol. The third kappa shape index (κ3) is 5.26. The molecule has 5 nitrogen and oxygen atoms in total. The highest BCUT2D eigenvalue weighted by Crippen LogP contribution is 2.16. The molecule has 6 heteroatoms. The van der Waals surface area contributed by atoms with Gasteiger partial charge in [-0.2, -0.15) is 0 Å². The third-order valence-corrected chi connectivity index (χ3v) is 4.95. The average Bonchev–Trinajstić information content (AvgIpc) is 2.59. The Hall–Kier alpha value is -1.95. The van der Waals surface area contributed by atoms with Crippen molar-refractivity contribution in [3.8, 4) is 0 Å². The van der Waals surface area contributed by atoms with Gasteiger partial charge in [-0.1, -0.05) is 41.4 Å². The van der Waals surface area contributed by atoms with Crippen molar-refractivity contribution in [1.82, 2.24) is 4.98 Å². The smallest absolute Gasteiger partial charge is 0.279 e. The number of halogens is 1. The molecule has 0 saturated carbocycles. The molecule has 0 radical (unpaired) electrons. The molecule has 1 aliphatic heterocycles. The molecule has 2 aromatic rings. The summed E-state index contributed by atoms with van der Waals surface area (Å²) >= 11 is 5.98. The molecule has 0 unspecified atom stereocenters. The van der Waals surface area contributed by atoms with Gasteiger partial charge in [-0.05, 0) is 19.1 Å². The van der Waals surface area contributed by atoms with Crippen molar-refractivity contribution in [2.75, 3.05) is 38.0 Å². The van der Waals surface area contributed by atoms with Gasteiger partial charge in [0.2, 0.25) is 0 Å². The Labute approximate surface area is 153 Å². The van der Waals surface area contributed by atoms with Crippen LogP contribution in [0, 0.1) is 6.92 Å². The second kappa shape index (κ2) is 8.43. The number of anilines is 1. The molecule has 1 aliphatic rings. The predicted molar refractivity (Wildman–Crippen MR) is 99.0 cm³/mol. The minimum Gasteiger partial charge on any atom is -0.322 e. The summed E-state index contributed by atoms with van der Waals surface area (Å²) in [4.78, 5) is 19.1. The fourth-order valence-electron chi connectivity index (χ4n) is 3.32. The van der Waals surface area contributed by atoms with E-state index in [2.05, 4.69) is 41.5 Å². The first-order valence-corrected chi connectivity index (χ1v) is 9.11. The third-order valence-electron chi connectivity index (χ3n) is 4.64. The molecule has 0 spiro atoms. The number of amides is 1. The number of rotatable bonds is 5. The molecule has 1 saturated heterocycles. The summed E-state index contributed by atoms with van der Waals surface area (Å²) in [6, 6.07) is 12.3. The normalized spacial score (nSPS) is 20.2. The lowest BCUT2D eigenvalue weighted by Gasteiger charge is -2.29. The number of hydrogen-bond acceptors (Lipinski definition) is 2. The monoisotopic (exact) mass is 360 g/mol. The van der Waals surface area contributed by atoms with E-state index in [-0.39, 0.29) is 5.91 Å². The molecule has 1 amide bonds. The van der Waals surface area contributed by atoms with Crippen LogP contribution in [-0.4, -0.2) is 43.6 Å². The van der Waals surface area contributed by atoms with Crippen molar-refractivity contribution in [2.24, 2.45) is 0 Å². The highest BCUT2D eigenvalue weighted by molar-refractivity contribution is 6.32. The first-order valence-electron chi connectivity index (χ1n) is 8.73. The number of quaternary nitrogens is 2. The van der Waals surface area contributed by atoms with Crippen LogP contribution in [0.2, 0.25) is 5.15 Å². The van der Waals surface area contributed by atoms with Gasteiger partial charge in [0.1, 0.15) is 32.7 Å². The number of carbonyl (C=O) groups is 1. The van der Waals surface area contributed by atoms with Crippen LogP contribution in [0.5, 0.6) is 0 Å². The highest BCUT2D eigenvalue weighted by atomic mass is 35.5. The lowest BCUT2D eigenvalue weighted by molar-refractivity contribution is -1.02. The summed E-state index contributed by atoms with van der Waals surface area (Å²) in [6.45, 7) is 7.86. The van der Waals surface area contributed by atoms with E-state index in [4.69, 9.17) is 11.6 Å². The van der Waals surface area contributed by atoms with E-state index < -0.39 is 0 Å². The zero-order valence-corrected chi connectivity index (χ0v) is 15.3. The fourth-order valence-corrected chi connectivity index (χ4v) is 3.49. The van der Waals surface area contributed by atoms with Gasteiger partial charge in [-0.3, -0.25) is 4.79 Å². The van der Waals surface area contributed by atoms with E-state index in [9.17, 15) is 4.79 Å². The minimum atomic E-state index is -0.00738. The van der Waals surface area contributed by atoms with Gasteiger partial charge in [-0.15, -0.1) is 0 Å². The maximum atomic E-state index is 12.2. The molecule has 1 fully saturated rings. The van der Waals surface area contributed by atoms with E-state index in [1.165, 1.54) is 16.0 Å². The standard InChI is InChI=1S/C19H23ClN4O/c1-15-4-2-5-16(12-15)13-23-8-10-24(11-9-23)14-18(25)22-17-6-3-7-21-19(17)20/h2-7,12H,8-11,13-14H2,1H3,(H,22,25)/p+2. The number of carbonyl (C=O) groups excluding carboxylic acids is 1. The van der Waals surface area contributed by atoms with Gasteiger partial charge in [0.05, 0.1) is 5.69 Å². The van der Waals surface area contributed by atoms with Gasteiger partial charge in [0, 0.05) is 11.8 Å². The van der Waals surface area contributed by atoms with E-state index in [0.29, 0.717) is 17.4 Å². The van der Waals surface area contributed by atoms with Crippen LogP contribution in [0.1, 0.15) is 11.1 Å². The van der Waals surface area contributed by atoms with Crippen LogP contribution in [0.3, 0.4) is 0 Å². The van der Waals surface area contributed by atoms with Crippen molar-refractivity contribution < 1.29 is 14.6 Å². The summed E-state index contributed by atoms with van der Waals surface area (Å²) in [7, 11) is 0. The number of hydrogen-bond donors (Lipinski definition) is 3. The molecule has 25 heavy (non-hydrogen) atoms. The molecular weight excluding hydrogens is 336 g/mol. The van der Waals surface area contributed by atoms with Gasteiger partial charge in [0.25, 0.3) is 5.91 Å². The van der Waals surface area contributed by atoms with E-state index in [0.717, 1.165) is 32.7 Å². The summed E-state index contributed by atoms with van der Waals surface area (Å²) in [6.07, 6.45) is 1.61. The maximum Gasteiger partial charge on any atom is 0.279 e. The van der Waals surface area contributed by atoms with Crippen molar-refractivity contribution in [1.29, 1.82) is 0 Å². The minimum absolute atomic E-state index is 0.00738. The molecule has 2 heterocycles. The number of nitrogens with one attached hydrogen (secondary N) is 3. The molecule has 3 N–H and O–H groups in total. The molecule has 1 aromatic heterocycles. The van der Waals surface area contributed by atoms with Gasteiger partial charge < -0.3 is 15.1 Å². The Bertz CT molecular complexity index is 729. The number of aryl methyl sites for hydroxylation is 1. The van der Waals surface area contributed by atoms with Crippen molar-refractivity contribution in [3.63, 3.8) is 0 Å². The highest BCUT2D eigenvalue weighted by Gasteiger charge is 2.25. The van der Waals surface area contributed by atoms with Crippen LogP contribution >= 0.6 is 11.6 Å². The molecule has 0 bridgehead atoms.